The third-order valence-electron chi connectivity index (χ3n) is 2.40. The Labute approximate surface area is 124 Å². The van der Waals surface area contributed by atoms with Gasteiger partial charge < -0.3 is 4.43 Å². The Morgan fingerprint density at radius 1 is 1.00 bits per heavy atom. The van der Waals surface area contributed by atoms with Crippen molar-refractivity contribution in [2.45, 2.75) is 25.4 Å². The molecule has 1 aromatic carbocycles. The minimum absolute atomic E-state index is 0.302. The molecule has 0 N–H and O–H groups in total. The van der Waals surface area contributed by atoms with E-state index in [0.717, 1.165) is 6.61 Å². The summed E-state index contributed by atoms with van der Waals surface area (Å²) in [6, 6.07) is 4.59. The fraction of sp³-hybridized carbons (Fsp3) is 0.455. The monoisotopic (exact) mass is 330 g/mol. The number of rotatable bonds is 0. The van der Waals surface area contributed by atoms with Gasteiger partial charge in [-0.05, 0) is 31.1 Å². The molecular formula is C11H14Cl4OSi. The largest absolute Gasteiger partial charge is 0.420 e. The SMILES string of the molecule is C[SiH]1CCCCO1.Clc1ccc(Cl)c(Cl)c1Cl. The molecule has 1 nitrogen and oxygen atoms in total. The highest BCUT2D eigenvalue weighted by atomic mass is 35.5. The molecule has 1 aliphatic rings. The van der Waals surface area contributed by atoms with Crippen molar-refractivity contribution in [1.29, 1.82) is 0 Å². The molecule has 1 saturated heterocycles. The number of halogens is 4. The van der Waals surface area contributed by atoms with Crippen LogP contribution in [0.1, 0.15) is 12.8 Å². The molecule has 0 spiro atoms. The van der Waals surface area contributed by atoms with Gasteiger partial charge in [0.15, 0.2) is 9.04 Å². The maximum atomic E-state index is 5.63. The minimum atomic E-state index is -0.595. The summed E-state index contributed by atoms with van der Waals surface area (Å²) in [6.07, 6.45) is 2.73. The van der Waals surface area contributed by atoms with Gasteiger partial charge >= 0.3 is 0 Å². The average Bonchev–Trinajstić information content (AvgIpc) is 2.33. The molecule has 1 atom stereocenters. The van der Waals surface area contributed by atoms with Gasteiger partial charge in [-0.15, -0.1) is 0 Å². The van der Waals surface area contributed by atoms with Crippen LogP contribution in [0.25, 0.3) is 0 Å². The lowest BCUT2D eigenvalue weighted by molar-refractivity contribution is 0.291. The van der Waals surface area contributed by atoms with E-state index in [-0.39, 0.29) is 0 Å². The summed E-state index contributed by atoms with van der Waals surface area (Å²) < 4.78 is 5.42. The molecule has 0 saturated carbocycles. The van der Waals surface area contributed by atoms with Crippen LogP contribution in [0.2, 0.25) is 32.7 Å². The van der Waals surface area contributed by atoms with Crippen LogP contribution in [0.15, 0.2) is 12.1 Å². The lowest BCUT2D eigenvalue weighted by Crippen LogP contribution is -2.18. The Kier molecular flexibility index (Phi) is 7.23. The predicted octanol–water partition coefficient (Wildman–Crippen LogP) is 5.45. The van der Waals surface area contributed by atoms with Gasteiger partial charge in [0.2, 0.25) is 0 Å². The van der Waals surface area contributed by atoms with Gasteiger partial charge in [-0.25, -0.2) is 0 Å². The Balaban J connectivity index is 0.000000181. The molecule has 1 heterocycles. The molecule has 1 fully saturated rings. The van der Waals surface area contributed by atoms with E-state index < -0.39 is 9.04 Å². The summed E-state index contributed by atoms with van der Waals surface area (Å²) in [5, 5.41) is 1.43. The van der Waals surface area contributed by atoms with E-state index in [4.69, 9.17) is 50.8 Å². The Morgan fingerprint density at radius 2 is 1.53 bits per heavy atom. The van der Waals surface area contributed by atoms with E-state index in [2.05, 4.69) is 6.55 Å². The van der Waals surface area contributed by atoms with Crippen LogP contribution in [0, 0.1) is 0 Å². The standard InChI is InChI=1S/C6H2Cl4.C5H12OSi/c7-3-1-2-4(8)6(10)5(3)9;1-7-5-3-2-4-6-7/h1-2H;7H,2-5H2,1H3. The molecule has 2 rings (SSSR count). The number of hydrogen-bond donors (Lipinski definition) is 0. The topological polar surface area (TPSA) is 9.23 Å². The highest BCUT2D eigenvalue weighted by molar-refractivity contribution is 6.51. The first-order chi connectivity index (χ1) is 8.02. The number of hydrogen-bond acceptors (Lipinski definition) is 1. The molecule has 0 aromatic heterocycles. The maximum absolute atomic E-state index is 5.63. The van der Waals surface area contributed by atoms with Crippen molar-refractivity contribution < 1.29 is 4.43 Å². The number of benzene rings is 1. The first-order valence-electron chi connectivity index (χ1n) is 5.43. The molecule has 0 aliphatic carbocycles. The predicted molar refractivity (Wildman–Crippen MR) is 79.5 cm³/mol. The van der Waals surface area contributed by atoms with Gasteiger partial charge in [-0.1, -0.05) is 52.8 Å². The summed E-state index contributed by atoms with van der Waals surface area (Å²) in [5.74, 6) is 0. The molecule has 96 valence electrons. The molecule has 0 bridgehead atoms. The van der Waals surface area contributed by atoms with Crippen molar-refractivity contribution in [2.75, 3.05) is 6.61 Å². The van der Waals surface area contributed by atoms with E-state index in [1.165, 1.54) is 18.9 Å². The zero-order chi connectivity index (χ0) is 12.8. The van der Waals surface area contributed by atoms with Gasteiger partial charge in [-0.3, -0.25) is 0 Å². The van der Waals surface area contributed by atoms with Crippen LogP contribution < -0.4 is 0 Å². The molecule has 6 heteroatoms. The lowest BCUT2D eigenvalue weighted by atomic mass is 10.4. The van der Waals surface area contributed by atoms with Crippen molar-refractivity contribution in [3.05, 3.63) is 32.2 Å². The second-order valence-corrected chi connectivity index (χ2v) is 7.94. The molecular weight excluding hydrogens is 318 g/mol. The summed E-state index contributed by atoms with van der Waals surface area (Å²) >= 11 is 22.5. The van der Waals surface area contributed by atoms with Gasteiger partial charge in [0.1, 0.15) is 0 Å². The molecule has 17 heavy (non-hydrogen) atoms. The van der Waals surface area contributed by atoms with E-state index in [9.17, 15) is 0 Å². The fourth-order valence-corrected chi connectivity index (χ4v) is 3.74. The highest BCUT2D eigenvalue weighted by Gasteiger charge is 2.08. The Hall–Kier alpha value is 0.557. The summed E-state index contributed by atoms with van der Waals surface area (Å²) in [4.78, 5) is 0. The van der Waals surface area contributed by atoms with Crippen LogP contribution in [0.4, 0.5) is 0 Å². The molecule has 0 amide bonds. The highest BCUT2D eigenvalue weighted by Crippen LogP contribution is 2.34. The Bertz CT molecular complexity index is 340. The quantitative estimate of drug-likeness (QED) is 0.349. The van der Waals surface area contributed by atoms with Crippen LogP contribution in [0.3, 0.4) is 0 Å². The van der Waals surface area contributed by atoms with Crippen LogP contribution in [-0.4, -0.2) is 15.6 Å². The smallest absolute Gasteiger partial charge is 0.173 e. The molecule has 1 aromatic rings. The van der Waals surface area contributed by atoms with Crippen LogP contribution >= 0.6 is 46.4 Å². The van der Waals surface area contributed by atoms with E-state index in [1.807, 2.05) is 0 Å². The van der Waals surface area contributed by atoms with Gasteiger partial charge in [-0.2, -0.15) is 0 Å². The zero-order valence-corrected chi connectivity index (χ0v) is 13.7. The van der Waals surface area contributed by atoms with Gasteiger partial charge in [0.05, 0.1) is 20.1 Å². The molecule has 1 aliphatic heterocycles. The third kappa shape index (κ3) is 5.37. The van der Waals surface area contributed by atoms with Crippen molar-refractivity contribution in [3.8, 4) is 0 Å². The van der Waals surface area contributed by atoms with Gasteiger partial charge in [0.25, 0.3) is 0 Å². The van der Waals surface area contributed by atoms with E-state index in [0.29, 0.717) is 20.1 Å². The van der Waals surface area contributed by atoms with Crippen LogP contribution in [-0.2, 0) is 4.43 Å². The van der Waals surface area contributed by atoms with Crippen molar-refractivity contribution in [2.24, 2.45) is 0 Å². The van der Waals surface area contributed by atoms with E-state index in [1.54, 1.807) is 12.1 Å². The van der Waals surface area contributed by atoms with Crippen molar-refractivity contribution >= 4 is 55.4 Å². The van der Waals surface area contributed by atoms with Gasteiger partial charge in [0, 0.05) is 6.61 Å². The van der Waals surface area contributed by atoms with Crippen molar-refractivity contribution in [1.82, 2.24) is 0 Å². The first-order valence-corrected chi connectivity index (χ1v) is 9.38. The summed E-state index contributed by atoms with van der Waals surface area (Å²) in [6.45, 7) is 3.33. The fourth-order valence-electron chi connectivity index (χ4n) is 1.40. The minimum Gasteiger partial charge on any atom is -0.420 e. The third-order valence-corrected chi connectivity index (χ3v) is 6.13. The second-order valence-electron chi connectivity index (χ2n) is 3.83. The Morgan fingerprint density at radius 3 is 1.82 bits per heavy atom. The maximum Gasteiger partial charge on any atom is 0.173 e. The lowest BCUT2D eigenvalue weighted by Gasteiger charge is -2.16. The average molecular weight is 332 g/mol. The summed E-state index contributed by atoms with van der Waals surface area (Å²) in [5.41, 5.74) is 0. The molecule has 1 unspecified atom stereocenters. The normalized spacial score (nSPS) is 19.5. The van der Waals surface area contributed by atoms with Crippen LogP contribution in [0.5, 0.6) is 0 Å². The first kappa shape index (κ1) is 15.6. The van der Waals surface area contributed by atoms with E-state index >= 15 is 0 Å². The summed E-state index contributed by atoms with van der Waals surface area (Å²) in [7, 11) is -0.595. The van der Waals surface area contributed by atoms with Crippen molar-refractivity contribution in [3.63, 3.8) is 0 Å². The zero-order valence-electron chi connectivity index (χ0n) is 9.48. The molecule has 0 radical (unpaired) electrons. The second kappa shape index (κ2) is 7.88.